The summed E-state index contributed by atoms with van der Waals surface area (Å²) in [5.41, 5.74) is 0.429. The molecule has 0 saturated heterocycles. The zero-order chi connectivity index (χ0) is 13.1. The third kappa shape index (κ3) is 4.65. The molecule has 1 aromatic rings. The normalized spacial score (nSPS) is 11.3. The number of phenols is 1. The maximum absolute atomic E-state index is 11.7. The minimum absolute atomic E-state index is 0.0919. The fourth-order valence-electron chi connectivity index (χ4n) is 1.34. The molecular formula is C13H18ClNO2. The fraction of sp³-hybridized carbons (Fsp3) is 0.462. The van der Waals surface area contributed by atoms with Crippen molar-refractivity contribution >= 4 is 17.5 Å². The van der Waals surface area contributed by atoms with Gasteiger partial charge >= 0.3 is 0 Å². The topological polar surface area (TPSA) is 49.3 Å². The van der Waals surface area contributed by atoms with E-state index < -0.39 is 0 Å². The average molecular weight is 256 g/mol. The summed E-state index contributed by atoms with van der Waals surface area (Å²) in [4.78, 5) is 11.7. The first kappa shape index (κ1) is 13.8. The number of aromatic hydroxyl groups is 1. The van der Waals surface area contributed by atoms with Gasteiger partial charge in [0.1, 0.15) is 5.75 Å². The monoisotopic (exact) mass is 255 g/mol. The number of hydrogen-bond acceptors (Lipinski definition) is 2. The molecule has 0 unspecified atom stereocenters. The van der Waals surface area contributed by atoms with Crippen LogP contribution in [0.15, 0.2) is 18.2 Å². The molecular weight excluding hydrogens is 238 g/mol. The predicted molar refractivity (Wildman–Crippen MR) is 69.5 cm³/mol. The van der Waals surface area contributed by atoms with Crippen molar-refractivity contribution in [2.24, 2.45) is 5.41 Å². The summed E-state index contributed by atoms with van der Waals surface area (Å²) in [6, 6.07) is 4.46. The number of amides is 1. The molecule has 1 amide bonds. The summed E-state index contributed by atoms with van der Waals surface area (Å²) in [6.07, 6.45) is 0.882. The summed E-state index contributed by atoms with van der Waals surface area (Å²) in [5, 5.41) is 12.8. The summed E-state index contributed by atoms with van der Waals surface area (Å²) in [7, 11) is 0. The molecule has 0 heterocycles. The minimum atomic E-state index is -0.275. The number of carbonyl (C=O) groups is 1. The Morgan fingerprint density at radius 2 is 2.06 bits per heavy atom. The number of rotatable bonds is 3. The molecule has 0 fully saturated rings. The van der Waals surface area contributed by atoms with Gasteiger partial charge in [-0.15, -0.1) is 0 Å². The highest BCUT2D eigenvalue weighted by Crippen LogP contribution is 2.22. The SMILES string of the molecule is CC(C)(C)CCNC(=O)c1ccc(Cl)cc1O. The van der Waals surface area contributed by atoms with Crippen LogP contribution >= 0.6 is 11.6 Å². The maximum Gasteiger partial charge on any atom is 0.255 e. The Hall–Kier alpha value is -1.22. The van der Waals surface area contributed by atoms with E-state index >= 15 is 0 Å². The van der Waals surface area contributed by atoms with Gasteiger partial charge < -0.3 is 10.4 Å². The molecule has 0 radical (unpaired) electrons. The van der Waals surface area contributed by atoms with Gasteiger partial charge in [0.05, 0.1) is 5.56 Å². The van der Waals surface area contributed by atoms with Gasteiger partial charge in [0.15, 0.2) is 0 Å². The van der Waals surface area contributed by atoms with Gasteiger partial charge in [0, 0.05) is 11.6 Å². The molecule has 0 aliphatic heterocycles. The van der Waals surface area contributed by atoms with Gasteiger partial charge in [0.25, 0.3) is 5.91 Å². The Balaban J connectivity index is 2.59. The summed E-state index contributed by atoms with van der Waals surface area (Å²) >= 11 is 5.69. The zero-order valence-corrected chi connectivity index (χ0v) is 11.1. The number of phenolic OH excluding ortho intramolecular Hbond substituents is 1. The van der Waals surface area contributed by atoms with Gasteiger partial charge in [-0.3, -0.25) is 4.79 Å². The van der Waals surface area contributed by atoms with Crippen LogP contribution in [0.5, 0.6) is 5.75 Å². The van der Waals surface area contributed by atoms with E-state index in [4.69, 9.17) is 11.6 Å². The molecule has 0 spiro atoms. The highest BCUT2D eigenvalue weighted by molar-refractivity contribution is 6.30. The van der Waals surface area contributed by atoms with Gasteiger partial charge in [-0.05, 0) is 30.0 Å². The van der Waals surface area contributed by atoms with Gasteiger partial charge in [-0.25, -0.2) is 0 Å². The first-order valence-electron chi connectivity index (χ1n) is 5.56. The van der Waals surface area contributed by atoms with E-state index in [0.29, 0.717) is 11.6 Å². The molecule has 1 rings (SSSR count). The predicted octanol–water partition coefficient (Wildman–Crippen LogP) is 3.21. The van der Waals surface area contributed by atoms with Crippen molar-refractivity contribution in [3.8, 4) is 5.75 Å². The van der Waals surface area contributed by atoms with Gasteiger partial charge in [0.2, 0.25) is 0 Å². The van der Waals surface area contributed by atoms with Crippen LogP contribution in [0.25, 0.3) is 0 Å². The third-order valence-electron chi connectivity index (χ3n) is 2.36. The van der Waals surface area contributed by atoms with Crippen molar-refractivity contribution in [3.05, 3.63) is 28.8 Å². The second-order valence-corrected chi connectivity index (χ2v) is 5.66. The second-order valence-electron chi connectivity index (χ2n) is 5.23. The Bertz CT molecular complexity index is 410. The lowest BCUT2D eigenvalue weighted by atomic mass is 9.92. The summed E-state index contributed by atoms with van der Waals surface area (Å²) in [5.74, 6) is -0.367. The van der Waals surface area contributed by atoms with E-state index in [-0.39, 0.29) is 22.6 Å². The minimum Gasteiger partial charge on any atom is -0.507 e. The molecule has 2 N–H and O–H groups in total. The third-order valence-corrected chi connectivity index (χ3v) is 2.60. The Morgan fingerprint density at radius 1 is 1.41 bits per heavy atom. The van der Waals surface area contributed by atoms with Crippen molar-refractivity contribution in [2.45, 2.75) is 27.2 Å². The van der Waals surface area contributed by atoms with Crippen LogP contribution in [0.1, 0.15) is 37.6 Å². The number of carbonyl (C=O) groups excluding carboxylic acids is 1. The first-order chi connectivity index (χ1) is 7.79. The number of benzene rings is 1. The Kier molecular flexibility index (Phi) is 4.40. The van der Waals surface area contributed by atoms with Crippen molar-refractivity contribution < 1.29 is 9.90 Å². The van der Waals surface area contributed by atoms with E-state index in [1.165, 1.54) is 12.1 Å². The quantitative estimate of drug-likeness (QED) is 0.871. The molecule has 3 nitrogen and oxygen atoms in total. The van der Waals surface area contributed by atoms with Crippen LogP contribution < -0.4 is 5.32 Å². The van der Waals surface area contributed by atoms with Crippen molar-refractivity contribution in [1.82, 2.24) is 5.32 Å². The number of nitrogens with one attached hydrogen (secondary N) is 1. The molecule has 0 aliphatic carbocycles. The Labute approximate surface area is 107 Å². The van der Waals surface area contributed by atoms with Crippen LogP contribution in [0.2, 0.25) is 5.02 Å². The first-order valence-corrected chi connectivity index (χ1v) is 5.94. The summed E-state index contributed by atoms with van der Waals surface area (Å²) in [6.45, 7) is 6.92. The summed E-state index contributed by atoms with van der Waals surface area (Å²) < 4.78 is 0. The van der Waals surface area contributed by atoms with Crippen LogP contribution in [-0.4, -0.2) is 17.6 Å². The molecule has 1 aromatic carbocycles. The fourth-order valence-corrected chi connectivity index (χ4v) is 1.51. The molecule has 4 heteroatoms. The highest BCUT2D eigenvalue weighted by Gasteiger charge is 2.13. The molecule has 0 aromatic heterocycles. The molecule has 17 heavy (non-hydrogen) atoms. The lowest BCUT2D eigenvalue weighted by molar-refractivity contribution is 0.0947. The van der Waals surface area contributed by atoms with Crippen LogP contribution in [0.3, 0.4) is 0 Å². The lowest BCUT2D eigenvalue weighted by Gasteiger charge is -2.18. The van der Waals surface area contributed by atoms with Crippen molar-refractivity contribution in [2.75, 3.05) is 6.54 Å². The second kappa shape index (κ2) is 5.41. The average Bonchev–Trinajstić information content (AvgIpc) is 2.15. The Morgan fingerprint density at radius 3 is 2.59 bits per heavy atom. The molecule has 0 atom stereocenters. The smallest absolute Gasteiger partial charge is 0.255 e. The van der Waals surface area contributed by atoms with Crippen LogP contribution in [0.4, 0.5) is 0 Å². The molecule has 0 aliphatic rings. The van der Waals surface area contributed by atoms with E-state index in [2.05, 4.69) is 26.1 Å². The number of halogens is 1. The maximum atomic E-state index is 11.7. The molecule has 94 valence electrons. The van der Waals surface area contributed by atoms with Crippen LogP contribution in [-0.2, 0) is 0 Å². The standard InChI is InChI=1S/C13H18ClNO2/c1-13(2,3)6-7-15-12(17)10-5-4-9(14)8-11(10)16/h4-5,8,16H,6-7H2,1-3H3,(H,15,17). The van der Waals surface area contributed by atoms with Crippen molar-refractivity contribution in [1.29, 1.82) is 0 Å². The largest absolute Gasteiger partial charge is 0.507 e. The van der Waals surface area contributed by atoms with Gasteiger partial charge in [-0.1, -0.05) is 32.4 Å². The van der Waals surface area contributed by atoms with E-state index in [0.717, 1.165) is 6.42 Å². The van der Waals surface area contributed by atoms with E-state index in [1.807, 2.05) is 0 Å². The lowest BCUT2D eigenvalue weighted by Crippen LogP contribution is -2.27. The van der Waals surface area contributed by atoms with E-state index in [1.54, 1.807) is 6.07 Å². The molecule has 0 bridgehead atoms. The highest BCUT2D eigenvalue weighted by atomic mass is 35.5. The van der Waals surface area contributed by atoms with E-state index in [9.17, 15) is 9.90 Å². The zero-order valence-electron chi connectivity index (χ0n) is 10.4. The number of hydrogen-bond donors (Lipinski definition) is 2. The molecule has 0 saturated carbocycles. The van der Waals surface area contributed by atoms with Crippen molar-refractivity contribution in [3.63, 3.8) is 0 Å². The van der Waals surface area contributed by atoms with Gasteiger partial charge in [-0.2, -0.15) is 0 Å². The van der Waals surface area contributed by atoms with Crippen LogP contribution in [0, 0.1) is 5.41 Å².